The largest absolute Gasteiger partial charge is 0.330 e. The molecule has 0 aromatic carbocycles. The highest BCUT2D eigenvalue weighted by Gasteiger charge is 2.09. The quantitative estimate of drug-likeness (QED) is 0.758. The van der Waals surface area contributed by atoms with Gasteiger partial charge in [-0.3, -0.25) is 9.97 Å². The van der Waals surface area contributed by atoms with Crippen molar-refractivity contribution in [1.29, 1.82) is 0 Å². The van der Waals surface area contributed by atoms with Crippen LogP contribution in [0.4, 0.5) is 10.8 Å². The Kier molecular flexibility index (Phi) is 3.67. The van der Waals surface area contributed by atoms with Crippen LogP contribution in [0.3, 0.4) is 0 Å². The second-order valence-electron chi connectivity index (χ2n) is 4.38. The Balaban J connectivity index is 2.01. The Morgan fingerprint density at radius 2 is 2.20 bits per heavy atom. The van der Waals surface area contributed by atoms with Gasteiger partial charge in [-0.05, 0) is 41.4 Å². The van der Waals surface area contributed by atoms with Crippen molar-refractivity contribution in [3.63, 3.8) is 0 Å². The first-order valence-corrected chi connectivity index (χ1v) is 7.92. The summed E-state index contributed by atoms with van der Waals surface area (Å²) in [5.74, 6) is 0. The lowest BCUT2D eigenvalue weighted by Gasteiger charge is -2.05. The van der Waals surface area contributed by atoms with Gasteiger partial charge in [0.05, 0.1) is 16.9 Å². The van der Waals surface area contributed by atoms with Crippen molar-refractivity contribution in [3.05, 3.63) is 39.6 Å². The summed E-state index contributed by atoms with van der Waals surface area (Å²) in [4.78, 5) is 14.6. The van der Waals surface area contributed by atoms with Crippen LogP contribution in [-0.4, -0.2) is 15.0 Å². The van der Waals surface area contributed by atoms with Crippen LogP contribution in [-0.2, 0) is 6.42 Å². The molecule has 6 heteroatoms. The Labute approximate surface area is 129 Å². The number of halogens is 1. The smallest absolute Gasteiger partial charge is 0.187 e. The molecule has 3 heterocycles. The third-order valence-corrected chi connectivity index (χ3v) is 4.38. The van der Waals surface area contributed by atoms with Crippen molar-refractivity contribution in [2.24, 2.45) is 0 Å². The van der Waals surface area contributed by atoms with Gasteiger partial charge in [-0.15, -0.1) is 11.3 Å². The summed E-state index contributed by atoms with van der Waals surface area (Å²) >= 11 is 5.08. The van der Waals surface area contributed by atoms with Crippen LogP contribution in [0, 0.1) is 6.92 Å². The number of nitrogens with zero attached hydrogens (tertiary/aromatic N) is 3. The summed E-state index contributed by atoms with van der Waals surface area (Å²) in [5.41, 5.74) is 3.78. The van der Waals surface area contributed by atoms with Crippen LogP contribution >= 0.6 is 27.3 Å². The van der Waals surface area contributed by atoms with Crippen molar-refractivity contribution < 1.29 is 0 Å². The minimum absolute atomic E-state index is 0.849. The molecule has 0 saturated heterocycles. The van der Waals surface area contributed by atoms with Crippen molar-refractivity contribution >= 4 is 49.1 Å². The molecule has 0 aliphatic rings. The predicted molar refractivity (Wildman–Crippen MR) is 86.7 cm³/mol. The van der Waals surface area contributed by atoms with Crippen LogP contribution in [0.25, 0.3) is 11.0 Å². The molecule has 0 radical (unpaired) electrons. The Morgan fingerprint density at radius 3 is 2.95 bits per heavy atom. The highest BCUT2D eigenvalue weighted by atomic mass is 79.9. The van der Waals surface area contributed by atoms with Gasteiger partial charge in [0, 0.05) is 21.7 Å². The lowest BCUT2D eigenvalue weighted by molar-refractivity contribution is 1.05. The van der Waals surface area contributed by atoms with Gasteiger partial charge < -0.3 is 5.32 Å². The van der Waals surface area contributed by atoms with Gasteiger partial charge in [0.15, 0.2) is 5.13 Å². The second-order valence-corrected chi connectivity index (χ2v) is 6.50. The molecule has 0 unspecified atom stereocenters. The topological polar surface area (TPSA) is 50.7 Å². The average molecular weight is 349 g/mol. The molecule has 3 aromatic heterocycles. The van der Waals surface area contributed by atoms with Crippen molar-refractivity contribution in [3.8, 4) is 0 Å². The summed E-state index contributed by atoms with van der Waals surface area (Å²) in [5, 5.41) is 4.25. The van der Waals surface area contributed by atoms with Crippen LogP contribution < -0.4 is 5.32 Å². The van der Waals surface area contributed by atoms with Gasteiger partial charge >= 0.3 is 0 Å². The highest BCUT2D eigenvalue weighted by Crippen LogP contribution is 2.29. The fourth-order valence-corrected chi connectivity index (χ4v) is 3.26. The van der Waals surface area contributed by atoms with Gasteiger partial charge in [0.25, 0.3) is 0 Å². The standard InChI is InChI=1S/C14H13BrN4S/c1-3-10-8(2)20-14(18-10)19-11-4-5-16-12-6-9(15)7-17-13(11)12/h4-7H,3H2,1-2H3,(H,16,18,19). The molecule has 0 atom stereocenters. The number of pyridine rings is 2. The fraction of sp³-hybridized carbons (Fsp3) is 0.214. The molecule has 0 aliphatic heterocycles. The van der Waals surface area contributed by atoms with Crippen LogP contribution in [0.15, 0.2) is 29.0 Å². The number of thiazole rings is 1. The fourth-order valence-electron chi connectivity index (χ4n) is 2.03. The molecule has 0 fully saturated rings. The van der Waals surface area contributed by atoms with Crippen molar-refractivity contribution in [1.82, 2.24) is 15.0 Å². The third kappa shape index (κ3) is 2.53. The van der Waals surface area contributed by atoms with Gasteiger partial charge in [-0.1, -0.05) is 6.92 Å². The number of aryl methyl sites for hydroxylation is 2. The molecule has 20 heavy (non-hydrogen) atoms. The first kappa shape index (κ1) is 13.5. The van der Waals surface area contributed by atoms with E-state index in [0.29, 0.717) is 0 Å². The molecule has 102 valence electrons. The molecule has 0 spiro atoms. The van der Waals surface area contributed by atoms with Crippen molar-refractivity contribution in [2.45, 2.75) is 20.3 Å². The maximum atomic E-state index is 4.60. The molecule has 0 saturated carbocycles. The summed E-state index contributed by atoms with van der Waals surface area (Å²) in [7, 11) is 0. The van der Waals surface area contributed by atoms with Crippen LogP contribution in [0.1, 0.15) is 17.5 Å². The van der Waals surface area contributed by atoms with E-state index >= 15 is 0 Å². The van der Waals surface area contributed by atoms with E-state index in [1.165, 1.54) is 4.88 Å². The van der Waals surface area contributed by atoms with E-state index in [-0.39, 0.29) is 0 Å². The zero-order valence-corrected chi connectivity index (χ0v) is 13.5. The highest BCUT2D eigenvalue weighted by molar-refractivity contribution is 9.10. The zero-order chi connectivity index (χ0) is 14.1. The maximum absolute atomic E-state index is 4.60. The molecular weight excluding hydrogens is 336 g/mol. The molecule has 0 aliphatic carbocycles. The number of fused-ring (bicyclic) bond motifs is 1. The van der Waals surface area contributed by atoms with E-state index < -0.39 is 0 Å². The van der Waals surface area contributed by atoms with Crippen molar-refractivity contribution in [2.75, 3.05) is 5.32 Å². The summed E-state index contributed by atoms with van der Waals surface area (Å²) in [6, 6.07) is 3.88. The van der Waals surface area contributed by atoms with Gasteiger partial charge in [0.2, 0.25) is 0 Å². The first-order chi connectivity index (χ1) is 9.67. The second kappa shape index (κ2) is 5.46. The van der Waals surface area contributed by atoms with E-state index in [4.69, 9.17) is 0 Å². The van der Waals surface area contributed by atoms with Gasteiger partial charge in [0.1, 0.15) is 5.52 Å². The van der Waals surface area contributed by atoms with Crippen LogP contribution in [0.5, 0.6) is 0 Å². The SMILES string of the molecule is CCc1nc(Nc2ccnc3cc(Br)cnc23)sc1C. The van der Waals surface area contributed by atoms with E-state index in [1.807, 2.05) is 12.1 Å². The number of hydrogen-bond donors (Lipinski definition) is 1. The maximum Gasteiger partial charge on any atom is 0.187 e. The summed E-state index contributed by atoms with van der Waals surface area (Å²) in [6.07, 6.45) is 4.51. The molecule has 3 aromatic rings. The Hall–Kier alpha value is -1.53. The predicted octanol–water partition coefficient (Wildman–Crippen LogP) is 4.46. The van der Waals surface area contributed by atoms with Gasteiger partial charge in [-0.2, -0.15) is 0 Å². The van der Waals surface area contributed by atoms with E-state index in [1.54, 1.807) is 23.7 Å². The number of hydrogen-bond acceptors (Lipinski definition) is 5. The summed E-state index contributed by atoms with van der Waals surface area (Å²) < 4.78 is 0.924. The lowest BCUT2D eigenvalue weighted by Crippen LogP contribution is -1.94. The lowest BCUT2D eigenvalue weighted by atomic mass is 10.3. The van der Waals surface area contributed by atoms with Crippen LogP contribution in [0.2, 0.25) is 0 Å². The molecule has 0 bridgehead atoms. The first-order valence-electron chi connectivity index (χ1n) is 6.31. The van der Waals surface area contributed by atoms with E-state index in [9.17, 15) is 0 Å². The molecule has 0 amide bonds. The minimum Gasteiger partial charge on any atom is -0.330 e. The zero-order valence-electron chi connectivity index (χ0n) is 11.1. The number of aromatic nitrogens is 3. The Bertz CT molecular complexity index is 769. The Morgan fingerprint density at radius 1 is 1.35 bits per heavy atom. The number of nitrogens with one attached hydrogen (secondary N) is 1. The van der Waals surface area contributed by atoms with Gasteiger partial charge in [-0.25, -0.2) is 4.98 Å². The monoisotopic (exact) mass is 348 g/mol. The molecule has 4 nitrogen and oxygen atoms in total. The average Bonchev–Trinajstić information content (AvgIpc) is 2.78. The molecular formula is C14H13BrN4S. The number of anilines is 2. The number of rotatable bonds is 3. The van der Waals surface area contributed by atoms with E-state index in [0.717, 1.165) is 38.4 Å². The van der Waals surface area contributed by atoms with E-state index in [2.05, 4.69) is 50.0 Å². The minimum atomic E-state index is 0.849. The molecule has 1 N–H and O–H groups in total. The normalized spacial score (nSPS) is 10.9. The molecule has 3 rings (SSSR count). The third-order valence-electron chi connectivity index (χ3n) is 3.01. The summed E-state index contributed by atoms with van der Waals surface area (Å²) in [6.45, 7) is 4.22.